The van der Waals surface area contributed by atoms with Gasteiger partial charge in [-0.3, -0.25) is 0 Å². The molecule has 1 nitrogen and oxygen atoms in total. The van der Waals surface area contributed by atoms with Crippen LogP contribution in [0.25, 0.3) is 0 Å². The van der Waals surface area contributed by atoms with Crippen LogP contribution in [0.5, 0.6) is 0 Å². The maximum Gasteiger partial charge on any atom is 0.00966 e. The van der Waals surface area contributed by atoms with E-state index in [9.17, 15) is 0 Å². The van der Waals surface area contributed by atoms with Crippen LogP contribution in [0.1, 0.15) is 86.0 Å². The van der Waals surface area contributed by atoms with Gasteiger partial charge in [0.2, 0.25) is 0 Å². The molecule has 0 radical (unpaired) electrons. The molecule has 5 unspecified atom stereocenters. The lowest BCUT2D eigenvalue weighted by atomic mass is 9.63. The smallest absolute Gasteiger partial charge is 0.00966 e. The SMILES string of the molecule is CCC1CCC(CNC(C)(C)C)C(C2CCCC(C)C2)C1. The highest BCUT2D eigenvalue weighted by atomic mass is 14.9. The third-order valence-corrected chi connectivity index (χ3v) is 6.21. The van der Waals surface area contributed by atoms with Crippen molar-refractivity contribution in [3.05, 3.63) is 0 Å². The van der Waals surface area contributed by atoms with Gasteiger partial charge in [0.1, 0.15) is 0 Å². The second-order valence-electron chi connectivity index (χ2n) is 9.17. The molecule has 2 saturated carbocycles. The molecule has 2 aliphatic carbocycles. The average Bonchev–Trinajstić information content (AvgIpc) is 2.44. The van der Waals surface area contributed by atoms with E-state index in [-0.39, 0.29) is 5.54 Å². The van der Waals surface area contributed by atoms with Crippen LogP contribution in [-0.2, 0) is 0 Å². The van der Waals surface area contributed by atoms with Gasteiger partial charge in [0, 0.05) is 5.54 Å². The maximum absolute atomic E-state index is 3.80. The Labute approximate surface area is 133 Å². The average molecular weight is 294 g/mol. The van der Waals surface area contributed by atoms with Crippen LogP contribution in [-0.4, -0.2) is 12.1 Å². The predicted octanol–water partition coefficient (Wildman–Crippen LogP) is 5.64. The Bertz CT molecular complexity index is 303. The van der Waals surface area contributed by atoms with E-state index in [4.69, 9.17) is 0 Å². The lowest BCUT2D eigenvalue weighted by Crippen LogP contribution is -2.44. The molecule has 1 heteroatoms. The Morgan fingerprint density at radius 2 is 1.76 bits per heavy atom. The molecular formula is C20H39N. The number of hydrogen-bond acceptors (Lipinski definition) is 1. The highest BCUT2D eigenvalue weighted by Gasteiger charge is 2.36. The molecule has 2 fully saturated rings. The summed E-state index contributed by atoms with van der Waals surface area (Å²) >= 11 is 0. The van der Waals surface area contributed by atoms with Gasteiger partial charge in [-0.25, -0.2) is 0 Å². The Balaban J connectivity index is 1.99. The first-order valence-electron chi connectivity index (χ1n) is 9.64. The fraction of sp³-hybridized carbons (Fsp3) is 1.00. The van der Waals surface area contributed by atoms with Crippen LogP contribution >= 0.6 is 0 Å². The van der Waals surface area contributed by atoms with Gasteiger partial charge in [-0.1, -0.05) is 46.0 Å². The van der Waals surface area contributed by atoms with E-state index >= 15 is 0 Å². The monoisotopic (exact) mass is 293 g/mol. The summed E-state index contributed by atoms with van der Waals surface area (Å²) in [6.07, 6.45) is 11.8. The van der Waals surface area contributed by atoms with E-state index in [1.54, 1.807) is 0 Å². The molecule has 124 valence electrons. The minimum Gasteiger partial charge on any atom is -0.312 e. The molecule has 0 aliphatic heterocycles. The van der Waals surface area contributed by atoms with E-state index in [2.05, 4.69) is 39.9 Å². The first kappa shape index (κ1) is 17.3. The first-order valence-corrected chi connectivity index (χ1v) is 9.64. The standard InChI is InChI=1S/C20H39N/c1-6-16-10-11-18(14-21-20(3,4)5)19(13-16)17-9-7-8-15(2)12-17/h15-19,21H,6-14H2,1-5H3. The molecule has 0 aromatic carbocycles. The van der Waals surface area contributed by atoms with Crippen molar-refractivity contribution in [2.24, 2.45) is 29.6 Å². The van der Waals surface area contributed by atoms with Crippen molar-refractivity contribution in [2.75, 3.05) is 6.54 Å². The summed E-state index contributed by atoms with van der Waals surface area (Å²) in [4.78, 5) is 0. The molecule has 0 saturated heterocycles. The third kappa shape index (κ3) is 5.27. The molecule has 0 amide bonds. The Morgan fingerprint density at radius 3 is 2.38 bits per heavy atom. The van der Waals surface area contributed by atoms with Crippen molar-refractivity contribution in [1.82, 2.24) is 5.32 Å². The summed E-state index contributed by atoms with van der Waals surface area (Å²) in [5.74, 6) is 4.94. The summed E-state index contributed by atoms with van der Waals surface area (Å²) in [5, 5.41) is 3.80. The molecule has 0 aromatic heterocycles. The zero-order chi connectivity index (χ0) is 15.5. The van der Waals surface area contributed by atoms with Gasteiger partial charge >= 0.3 is 0 Å². The molecule has 5 atom stereocenters. The van der Waals surface area contributed by atoms with Gasteiger partial charge in [-0.2, -0.15) is 0 Å². The van der Waals surface area contributed by atoms with E-state index in [0.29, 0.717) is 0 Å². The molecule has 2 aliphatic rings. The fourth-order valence-electron chi connectivity index (χ4n) is 4.87. The number of nitrogens with one attached hydrogen (secondary N) is 1. The van der Waals surface area contributed by atoms with Crippen molar-refractivity contribution >= 4 is 0 Å². The fourth-order valence-corrected chi connectivity index (χ4v) is 4.87. The van der Waals surface area contributed by atoms with E-state index in [0.717, 1.165) is 29.6 Å². The van der Waals surface area contributed by atoms with Gasteiger partial charge in [0.15, 0.2) is 0 Å². The lowest BCUT2D eigenvalue weighted by molar-refractivity contribution is 0.0773. The summed E-state index contributed by atoms with van der Waals surface area (Å²) < 4.78 is 0. The molecular weight excluding hydrogens is 254 g/mol. The van der Waals surface area contributed by atoms with Crippen molar-refractivity contribution < 1.29 is 0 Å². The Kier molecular flexibility index (Phi) is 6.17. The minimum atomic E-state index is 0.270. The quantitative estimate of drug-likeness (QED) is 0.707. The van der Waals surface area contributed by atoms with Gasteiger partial charge in [0.05, 0.1) is 0 Å². The molecule has 1 N–H and O–H groups in total. The topological polar surface area (TPSA) is 12.0 Å². The summed E-state index contributed by atoms with van der Waals surface area (Å²) in [5.41, 5.74) is 0.270. The summed E-state index contributed by atoms with van der Waals surface area (Å²) in [6, 6.07) is 0. The molecule has 0 aromatic rings. The molecule has 2 rings (SSSR count). The highest BCUT2D eigenvalue weighted by molar-refractivity contribution is 4.88. The molecule has 21 heavy (non-hydrogen) atoms. The lowest BCUT2D eigenvalue weighted by Gasteiger charge is -2.44. The van der Waals surface area contributed by atoms with Crippen LogP contribution < -0.4 is 5.32 Å². The Morgan fingerprint density at radius 1 is 1.00 bits per heavy atom. The van der Waals surface area contributed by atoms with Crippen LogP contribution in [0.2, 0.25) is 0 Å². The predicted molar refractivity (Wildman–Crippen MR) is 93.5 cm³/mol. The Hall–Kier alpha value is -0.0400. The first-order chi connectivity index (χ1) is 9.89. The third-order valence-electron chi connectivity index (χ3n) is 6.21. The number of hydrogen-bond donors (Lipinski definition) is 1. The van der Waals surface area contributed by atoms with Crippen LogP contribution in [0.15, 0.2) is 0 Å². The normalized spacial score (nSPS) is 38.4. The van der Waals surface area contributed by atoms with E-state index in [1.165, 1.54) is 57.9 Å². The van der Waals surface area contributed by atoms with Crippen LogP contribution in [0.3, 0.4) is 0 Å². The zero-order valence-corrected chi connectivity index (χ0v) is 15.3. The van der Waals surface area contributed by atoms with Gasteiger partial charge in [0.25, 0.3) is 0 Å². The van der Waals surface area contributed by atoms with Crippen LogP contribution in [0, 0.1) is 29.6 Å². The highest BCUT2D eigenvalue weighted by Crippen LogP contribution is 2.45. The maximum atomic E-state index is 3.80. The van der Waals surface area contributed by atoms with E-state index < -0.39 is 0 Å². The minimum absolute atomic E-state index is 0.270. The van der Waals surface area contributed by atoms with Crippen molar-refractivity contribution in [1.29, 1.82) is 0 Å². The second kappa shape index (κ2) is 7.49. The van der Waals surface area contributed by atoms with Gasteiger partial charge in [-0.05, 0) is 76.2 Å². The van der Waals surface area contributed by atoms with Crippen molar-refractivity contribution in [3.8, 4) is 0 Å². The summed E-state index contributed by atoms with van der Waals surface area (Å²) in [6.45, 7) is 13.1. The molecule has 0 heterocycles. The largest absolute Gasteiger partial charge is 0.312 e. The summed E-state index contributed by atoms with van der Waals surface area (Å²) in [7, 11) is 0. The van der Waals surface area contributed by atoms with Crippen LogP contribution in [0.4, 0.5) is 0 Å². The van der Waals surface area contributed by atoms with Gasteiger partial charge in [-0.15, -0.1) is 0 Å². The molecule has 0 bridgehead atoms. The number of rotatable bonds is 4. The van der Waals surface area contributed by atoms with Crippen molar-refractivity contribution in [3.63, 3.8) is 0 Å². The zero-order valence-electron chi connectivity index (χ0n) is 15.3. The molecule has 0 spiro atoms. The van der Waals surface area contributed by atoms with Crippen molar-refractivity contribution in [2.45, 2.75) is 91.5 Å². The van der Waals surface area contributed by atoms with E-state index in [1.807, 2.05) is 0 Å². The second-order valence-corrected chi connectivity index (χ2v) is 9.17. The van der Waals surface area contributed by atoms with Gasteiger partial charge < -0.3 is 5.32 Å².